The molecular formula is C22H34N4O2. The molecule has 0 aromatic carbocycles. The summed E-state index contributed by atoms with van der Waals surface area (Å²) in [6, 6.07) is 5.11. The molecule has 1 aromatic rings. The number of likely N-dealkylation sites (tertiary alicyclic amines) is 2. The van der Waals surface area contributed by atoms with Crippen LogP contribution in [0, 0.1) is 5.92 Å². The van der Waals surface area contributed by atoms with Crippen molar-refractivity contribution in [2.75, 3.05) is 39.4 Å². The Morgan fingerprint density at radius 1 is 1.14 bits per heavy atom. The second-order valence-electron chi connectivity index (χ2n) is 8.60. The number of rotatable bonds is 5. The number of carbonyl (C=O) groups is 1. The number of amides is 1. The average molecular weight is 387 g/mol. The van der Waals surface area contributed by atoms with Crippen molar-refractivity contribution in [3.8, 4) is 0 Å². The number of hydrogen-bond acceptors (Lipinski definition) is 5. The van der Waals surface area contributed by atoms with Gasteiger partial charge in [-0.3, -0.25) is 19.6 Å². The maximum Gasteiger partial charge on any atom is 0.224 e. The Balaban J connectivity index is 1.23. The van der Waals surface area contributed by atoms with Gasteiger partial charge in [-0.2, -0.15) is 0 Å². The molecule has 4 heterocycles. The molecule has 3 aliphatic rings. The molecule has 4 rings (SSSR count). The predicted octanol–water partition coefficient (Wildman–Crippen LogP) is 2.05. The maximum atomic E-state index is 12.8. The molecule has 6 nitrogen and oxygen atoms in total. The highest BCUT2D eigenvalue weighted by atomic mass is 16.5. The van der Waals surface area contributed by atoms with Gasteiger partial charge < -0.3 is 10.1 Å². The van der Waals surface area contributed by atoms with Crippen LogP contribution in [0.4, 0.5) is 0 Å². The van der Waals surface area contributed by atoms with E-state index in [1.54, 1.807) is 0 Å². The van der Waals surface area contributed by atoms with Crippen LogP contribution in [0.15, 0.2) is 24.5 Å². The normalized spacial score (nSPS) is 26.2. The second kappa shape index (κ2) is 9.81. The molecule has 3 aliphatic heterocycles. The Labute approximate surface area is 168 Å². The summed E-state index contributed by atoms with van der Waals surface area (Å²) in [6.45, 7) is 6.90. The standard InChI is InChI=1S/C22H34N4O2/c27-22(24-20-7-13-28-14-8-20)19-4-2-10-26(17-19)21-5-11-25(12-6-21)16-18-3-1-9-23-15-18/h1,3,9,15,19-21H,2,4-8,10-14,16-17H2,(H,24,27). The molecule has 154 valence electrons. The number of piperidine rings is 2. The highest BCUT2D eigenvalue weighted by Gasteiger charge is 2.32. The highest BCUT2D eigenvalue weighted by molar-refractivity contribution is 5.79. The van der Waals surface area contributed by atoms with Crippen LogP contribution < -0.4 is 5.32 Å². The van der Waals surface area contributed by atoms with Crippen LogP contribution in [0.1, 0.15) is 44.1 Å². The minimum atomic E-state index is 0.157. The third-order valence-electron chi connectivity index (χ3n) is 6.59. The fraction of sp³-hybridized carbons (Fsp3) is 0.727. The summed E-state index contributed by atoms with van der Waals surface area (Å²) in [5.41, 5.74) is 1.30. The van der Waals surface area contributed by atoms with Crippen LogP contribution in [0.25, 0.3) is 0 Å². The summed E-state index contributed by atoms with van der Waals surface area (Å²) < 4.78 is 5.40. The molecule has 6 heteroatoms. The van der Waals surface area contributed by atoms with Gasteiger partial charge in [0.25, 0.3) is 0 Å². The molecule has 3 fully saturated rings. The van der Waals surface area contributed by atoms with E-state index in [1.165, 1.54) is 18.4 Å². The van der Waals surface area contributed by atoms with E-state index in [1.807, 2.05) is 18.5 Å². The van der Waals surface area contributed by atoms with Crippen molar-refractivity contribution in [2.45, 2.75) is 57.2 Å². The van der Waals surface area contributed by atoms with Crippen LogP contribution in [-0.2, 0) is 16.1 Å². The molecule has 1 atom stereocenters. The van der Waals surface area contributed by atoms with Gasteiger partial charge >= 0.3 is 0 Å². The van der Waals surface area contributed by atoms with E-state index >= 15 is 0 Å². The minimum Gasteiger partial charge on any atom is -0.381 e. The molecule has 0 aliphatic carbocycles. The van der Waals surface area contributed by atoms with Gasteiger partial charge in [0.1, 0.15) is 0 Å². The molecule has 0 spiro atoms. The highest BCUT2D eigenvalue weighted by Crippen LogP contribution is 2.25. The van der Waals surface area contributed by atoms with Gasteiger partial charge in [-0.1, -0.05) is 6.07 Å². The zero-order valence-electron chi connectivity index (χ0n) is 16.9. The van der Waals surface area contributed by atoms with E-state index in [2.05, 4.69) is 26.2 Å². The van der Waals surface area contributed by atoms with E-state index in [-0.39, 0.29) is 11.8 Å². The summed E-state index contributed by atoms with van der Waals surface area (Å²) in [7, 11) is 0. The first kappa shape index (κ1) is 19.8. The third-order valence-corrected chi connectivity index (χ3v) is 6.59. The Kier molecular flexibility index (Phi) is 6.94. The second-order valence-corrected chi connectivity index (χ2v) is 8.60. The van der Waals surface area contributed by atoms with Gasteiger partial charge in [0.2, 0.25) is 5.91 Å². The summed E-state index contributed by atoms with van der Waals surface area (Å²) in [5.74, 6) is 0.427. The van der Waals surface area contributed by atoms with Crippen LogP contribution in [-0.4, -0.2) is 72.2 Å². The average Bonchev–Trinajstić information content (AvgIpc) is 2.76. The first-order valence-corrected chi connectivity index (χ1v) is 11.0. The number of ether oxygens (including phenoxy) is 1. The number of hydrogen-bond donors (Lipinski definition) is 1. The molecule has 0 bridgehead atoms. The fourth-order valence-electron chi connectivity index (χ4n) is 4.91. The topological polar surface area (TPSA) is 57.7 Å². The maximum absolute atomic E-state index is 12.8. The zero-order valence-corrected chi connectivity index (χ0v) is 16.9. The lowest BCUT2D eigenvalue weighted by Crippen LogP contribution is -2.52. The lowest BCUT2D eigenvalue weighted by atomic mass is 9.92. The fourth-order valence-corrected chi connectivity index (χ4v) is 4.91. The Morgan fingerprint density at radius 2 is 1.96 bits per heavy atom. The van der Waals surface area contributed by atoms with Crippen LogP contribution in [0.5, 0.6) is 0 Å². The van der Waals surface area contributed by atoms with E-state index in [0.717, 1.165) is 71.6 Å². The van der Waals surface area contributed by atoms with Gasteiger partial charge in [-0.15, -0.1) is 0 Å². The van der Waals surface area contributed by atoms with Crippen molar-refractivity contribution < 1.29 is 9.53 Å². The van der Waals surface area contributed by atoms with E-state index in [4.69, 9.17) is 4.74 Å². The quantitative estimate of drug-likeness (QED) is 0.839. The van der Waals surface area contributed by atoms with Gasteiger partial charge in [0.15, 0.2) is 0 Å². The minimum absolute atomic E-state index is 0.157. The summed E-state index contributed by atoms with van der Waals surface area (Å²) in [6.07, 6.45) is 10.3. The molecule has 0 radical (unpaired) electrons. The largest absolute Gasteiger partial charge is 0.381 e. The SMILES string of the molecule is O=C(NC1CCOCC1)C1CCCN(C2CCN(Cc3cccnc3)CC2)C1. The van der Waals surface area contributed by atoms with Crippen molar-refractivity contribution in [3.63, 3.8) is 0 Å². The molecule has 1 unspecified atom stereocenters. The molecule has 0 saturated carbocycles. The van der Waals surface area contributed by atoms with Crippen molar-refractivity contribution in [1.82, 2.24) is 20.1 Å². The van der Waals surface area contributed by atoms with Crippen molar-refractivity contribution >= 4 is 5.91 Å². The molecule has 28 heavy (non-hydrogen) atoms. The van der Waals surface area contributed by atoms with Gasteiger partial charge in [-0.05, 0) is 69.8 Å². The summed E-state index contributed by atoms with van der Waals surface area (Å²) >= 11 is 0. The predicted molar refractivity (Wildman–Crippen MR) is 109 cm³/mol. The smallest absolute Gasteiger partial charge is 0.224 e. The van der Waals surface area contributed by atoms with Crippen LogP contribution >= 0.6 is 0 Å². The lowest BCUT2D eigenvalue weighted by molar-refractivity contribution is -0.128. The van der Waals surface area contributed by atoms with Crippen molar-refractivity contribution in [1.29, 1.82) is 0 Å². The van der Waals surface area contributed by atoms with E-state index < -0.39 is 0 Å². The monoisotopic (exact) mass is 386 g/mol. The van der Waals surface area contributed by atoms with Gasteiger partial charge in [0.05, 0.1) is 5.92 Å². The molecule has 1 amide bonds. The number of nitrogens with one attached hydrogen (secondary N) is 1. The molecule has 1 N–H and O–H groups in total. The lowest BCUT2D eigenvalue weighted by Gasteiger charge is -2.42. The first-order chi connectivity index (χ1) is 13.8. The zero-order chi connectivity index (χ0) is 19.2. The first-order valence-electron chi connectivity index (χ1n) is 11.0. The van der Waals surface area contributed by atoms with Gasteiger partial charge in [-0.25, -0.2) is 0 Å². The summed E-state index contributed by atoms with van der Waals surface area (Å²) in [4.78, 5) is 22.1. The summed E-state index contributed by atoms with van der Waals surface area (Å²) in [5, 5.41) is 3.29. The molecular weight excluding hydrogens is 352 g/mol. The van der Waals surface area contributed by atoms with Crippen LogP contribution in [0.2, 0.25) is 0 Å². The number of pyridine rings is 1. The third kappa shape index (κ3) is 5.31. The Hall–Kier alpha value is -1.50. The molecule has 1 aromatic heterocycles. The number of carbonyl (C=O) groups excluding carboxylic acids is 1. The number of nitrogens with zero attached hydrogens (tertiary/aromatic N) is 3. The van der Waals surface area contributed by atoms with Crippen molar-refractivity contribution in [3.05, 3.63) is 30.1 Å². The van der Waals surface area contributed by atoms with Gasteiger partial charge in [0, 0.05) is 50.8 Å². The van der Waals surface area contributed by atoms with Crippen molar-refractivity contribution in [2.24, 2.45) is 5.92 Å². The number of aromatic nitrogens is 1. The Bertz CT molecular complexity index is 612. The van der Waals surface area contributed by atoms with Crippen LogP contribution in [0.3, 0.4) is 0 Å². The Morgan fingerprint density at radius 3 is 2.71 bits per heavy atom. The molecule has 3 saturated heterocycles. The van der Waals surface area contributed by atoms with E-state index in [9.17, 15) is 4.79 Å². The van der Waals surface area contributed by atoms with E-state index in [0.29, 0.717) is 12.1 Å².